The van der Waals surface area contributed by atoms with E-state index in [-0.39, 0.29) is 12.5 Å². The van der Waals surface area contributed by atoms with Crippen molar-refractivity contribution in [1.82, 2.24) is 4.72 Å². The van der Waals surface area contributed by atoms with Gasteiger partial charge >= 0.3 is 0 Å². The van der Waals surface area contributed by atoms with E-state index in [0.717, 1.165) is 0 Å². The summed E-state index contributed by atoms with van der Waals surface area (Å²) in [7, 11) is -4.17. The summed E-state index contributed by atoms with van der Waals surface area (Å²) in [6.07, 6.45) is 3.55. The van der Waals surface area contributed by atoms with Gasteiger partial charge in [0, 0.05) is 18.6 Å². The van der Waals surface area contributed by atoms with Gasteiger partial charge in [0.2, 0.25) is 10.0 Å². The van der Waals surface area contributed by atoms with E-state index in [4.69, 9.17) is 5.11 Å². The Morgan fingerprint density at radius 3 is 2.30 bits per heavy atom. The molecular weight excluding hydrogens is 295 g/mol. The van der Waals surface area contributed by atoms with Crippen molar-refractivity contribution in [3.05, 3.63) is 41.7 Å². The predicted octanol–water partition coefficient (Wildman–Crippen LogP) is 1.32. The Balaban J connectivity index is 2.21. The number of hydrogen-bond donors (Lipinski definition) is 2. The van der Waals surface area contributed by atoms with Crippen LogP contribution in [0.25, 0.3) is 0 Å². The average Bonchev–Trinajstić information content (AvgIpc) is 2.82. The number of rotatable bonds is 4. The fourth-order valence-electron chi connectivity index (χ4n) is 1.95. The zero-order chi connectivity index (χ0) is 14.9. The Kier molecular flexibility index (Phi) is 4.17. The number of aliphatic hydroxyl groups excluding tert-OH is 1. The molecule has 0 fully saturated rings. The molecule has 0 saturated heterocycles. The van der Waals surface area contributed by atoms with Crippen LogP contribution in [0.5, 0.6) is 0 Å². The molecule has 8 heteroatoms. The minimum Gasteiger partial charge on any atom is -0.396 e. The number of benzene rings is 1. The van der Waals surface area contributed by atoms with Crippen LogP contribution in [-0.4, -0.2) is 26.2 Å². The molecule has 1 aliphatic carbocycles. The topological polar surface area (TPSA) is 66.4 Å². The van der Waals surface area contributed by atoms with Crippen molar-refractivity contribution in [3.63, 3.8) is 0 Å². The fraction of sp³-hybridized carbons (Fsp3) is 0.333. The molecule has 2 atom stereocenters. The molecule has 2 rings (SSSR count). The minimum atomic E-state index is -4.17. The van der Waals surface area contributed by atoms with Crippen molar-refractivity contribution in [1.29, 1.82) is 0 Å². The van der Waals surface area contributed by atoms with Crippen LogP contribution >= 0.6 is 0 Å². The Hall–Kier alpha value is -1.38. The molecule has 0 heterocycles. The highest BCUT2D eigenvalue weighted by Gasteiger charge is 2.26. The van der Waals surface area contributed by atoms with Gasteiger partial charge in [-0.05, 0) is 18.6 Å². The van der Waals surface area contributed by atoms with Gasteiger partial charge in [-0.1, -0.05) is 12.2 Å². The molecule has 0 saturated carbocycles. The summed E-state index contributed by atoms with van der Waals surface area (Å²) >= 11 is 0. The molecule has 1 aliphatic rings. The van der Waals surface area contributed by atoms with Crippen molar-refractivity contribution < 1.29 is 26.7 Å². The summed E-state index contributed by atoms with van der Waals surface area (Å²) in [5.74, 6) is -5.02. The van der Waals surface area contributed by atoms with Gasteiger partial charge in [-0.25, -0.2) is 26.3 Å². The maximum Gasteiger partial charge on any atom is 0.241 e. The number of aliphatic hydroxyl groups is 1. The van der Waals surface area contributed by atoms with Crippen LogP contribution in [0.3, 0.4) is 0 Å². The zero-order valence-electron chi connectivity index (χ0n) is 10.2. The molecule has 110 valence electrons. The maximum atomic E-state index is 13.0. The lowest BCUT2D eigenvalue weighted by molar-refractivity contribution is 0.248. The SMILES string of the molecule is O=S(=O)(N[C@@H]1C=C[C@H](CO)C1)c1cc(F)c(F)c(F)c1. The molecule has 0 radical (unpaired) electrons. The Morgan fingerprint density at radius 2 is 1.80 bits per heavy atom. The molecular formula is C12H12F3NO3S. The molecule has 0 bridgehead atoms. The highest BCUT2D eigenvalue weighted by atomic mass is 32.2. The fourth-order valence-corrected chi connectivity index (χ4v) is 3.18. The minimum absolute atomic E-state index is 0.117. The van der Waals surface area contributed by atoms with E-state index in [1.807, 2.05) is 0 Å². The number of halogens is 3. The Bertz CT molecular complexity index is 622. The number of nitrogens with one attached hydrogen (secondary N) is 1. The largest absolute Gasteiger partial charge is 0.396 e. The maximum absolute atomic E-state index is 13.0. The molecule has 0 unspecified atom stereocenters. The highest BCUT2D eigenvalue weighted by Crippen LogP contribution is 2.21. The van der Waals surface area contributed by atoms with Crippen LogP contribution in [0, 0.1) is 23.4 Å². The number of sulfonamides is 1. The van der Waals surface area contributed by atoms with Gasteiger partial charge in [0.25, 0.3) is 0 Å². The second-order valence-corrected chi connectivity index (χ2v) is 6.21. The average molecular weight is 307 g/mol. The summed E-state index contributed by atoms with van der Waals surface area (Å²) in [6, 6.07) is 0.264. The van der Waals surface area contributed by atoms with E-state index in [9.17, 15) is 21.6 Å². The summed E-state index contributed by atoms with van der Waals surface area (Å²) in [6.45, 7) is -0.117. The summed E-state index contributed by atoms with van der Waals surface area (Å²) in [5, 5.41) is 8.93. The summed E-state index contributed by atoms with van der Waals surface area (Å²) in [4.78, 5) is -0.685. The smallest absolute Gasteiger partial charge is 0.241 e. The van der Waals surface area contributed by atoms with Crippen molar-refractivity contribution in [2.45, 2.75) is 17.4 Å². The number of hydrogen-bond acceptors (Lipinski definition) is 3. The van der Waals surface area contributed by atoms with Crippen molar-refractivity contribution in [2.24, 2.45) is 5.92 Å². The van der Waals surface area contributed by atoms with E-state index in [1.165, 1.54) is 0 Å². The molecule has 1 aromatic carbocycles. The zero-order valence-corrected chi connectivity index (χ0v) is 11.0. The van der Waals surface area contributed by atoms with Crippen LogP contribution in [0.15, 0.2) is 29.2 Å². The highest BCUT2D eigenvalue weighted by molar-refractivity contribution is 7.89. The molecule has 4 nitrogen and oxygen atoms in total. The quantitative estimate of drug-likeness (QED) is 0.651. The van der Waals surface area contributed by atoms with Gasteiger partial charge in [-0.2, -0.15) is 0 Å². The first-order valence-corrected chi connectivity index (χ1v) is 7.28. The Morgan fingerprint density at radius 1 is 1.20 bits per heavy atom. The molecule has 0 amide bonds. The third-order valence-electron chi connectivity index (χ3n) is 2.98. The van der Waals surface area contributed by atoms with Gasteiger partial charge in [0.1, 0.15) is 0 Å². The third-order valence-corrected chi connectivity index (χ3v) is 4.45. The first-order chi connectivity index (χ1) is 9.33. The molecule has 0 spiro atoms. The van der Waals surface area contributed by atoms with Crippen LogP contribution in [-0.2, 0) is 10.0 Å². The first kappa shape index (κ1) is 15.0. The molecule has 0 aromatic heterocycles. The van der Waals surface area contributed by atoms with Crippen LogP contribution < -0.4 is 4.72 Å². The van der Waals surface area contributed by atoms with E-state index >= 15 is 0 Å². The second kappa shape index (κ2) is 5.55. The summed E-state index contributed by atoms with van der Waals surface area (Å²) in [5.41, 5.74) is 0. The molecule has 2 N–H and O–H groups in total. The van der Waals surface area contributed by atoms with Gasteiger partial charge in [0.15, 0.2) is 17.5 Å². The second-order valence-electron chi connectivity index (χ2n) is 4.49. The van der Waals surface area contributed by atoms with E-state index in [2.05, 4.69) is 4.72 Å². The lowest BCUT2D eigenvalue weighted by Crippen LogP contribution is -2.33. The van der Waals surface area contributed by atoms with Crippen LogP contribution in [0.4, 0.5) is 13.2 Å². The van der Waals surface area contributed by atoms with E-state index in [0.29, 0.717) is 18.6 Å². The van der Waals surface area contributed by atoms with Crippen molar-refractivity contribution in [2.75, 3.05) is 6.61 Å². The lowest BCUT2D eigenvalue weighted by atomic mass is 10.1. The lowest BCUT2D eigenvalue weighted by Gasteiger charge is -2.13. The van der Waals surface area contributed by atoms with Crippen LogP contribution in [0.1, 0.15) is 6.42 Å². The summed E-state index contributed by atoms with van der Waals surface area (Å²) < 4.78 is 65.0. The van der Waals surface area contributed by atoms with Gasteiger partial charge in [-0.3, -0.25) is 0 Å². The van der Waals surface area contributed by atoms with Crippen LogP contribution in [0.2, 0.25) is 0 Å². The molecule has 0 aliphatic heterocycles. The standard InChI is InChI=1S/C12H12F3NO3S/c13-10-4-9(5-11(14)12(10)15)20(18,19)16-8-2-1-7(3-8)6-17/h1-2,4-5,7-8,16-17H,3,6H2/t7-,8+/m0/s1. The normalized spacial score (nSPS) is 22.4. The van der Waals surface area contributed by atoms with Gasteiger partial charge in [-0.15, -0.1) is 0 Å². The van der Waals surface area contributed by atoms with Crippen molar-refractivity contribution in [3.8, 4) is 0 Å². The molecule has 20 heavy (non-hydrogen) atoms. The van der Waals surface area contributed by atoms with Gasteiger partial charge in [0.05, 0.1) is 4.90 Å². The molecule has 1 aromatic rings. The first-order valence-electron chi connectivity index (χ1n) is 5.79. The van der Waals surface area contributed by atoms with Gasteiger partial charge < -0.3 is 5.11 Å². The monoisotopic (exact) mass is 307 g/mol. The predicted molar refractivity (Wildman–Crippen MR) is 64.8 cm³/mol. The Labute approximate surface area is 114 Å². The third kappa shape index (κ3) is 3.02. The van der Waals surface area contributed by atoms with E-state index in [1.54, 1.807) is 12.2 Å². The van der Waals surface area contributed by atoms with E-state index < -0.39 is 38.4 Å². The van der Waals surface area contributed by atoms with Crippen molar-refractivity contribution >= 4 is 10.0 Å².